The van der Waals surface area contributed by atoms with Gasteiger partial charge in [-0.2, -0.15) is 0 Å². The molecule has 1 amide bonds. The molecule has 3 aromatic rings. The lowest BCUT2D eigenvalue weighted by Gasteiger charge is -2.32. The summed E-state index contributed by atoms with van der Waals surface area (Å²) < 4.78 is 15.4. The summed E-state index contributed by atoms with van der Waals surface area (Å²) in [6.07, 6.45) is 1.52. The fourth-order valence-corrected chi connectivity index (χ4v) is 3.82. The molecule has 1 unspecified atom stereocenters. The molecule has 0 saturated carbocycles. The van der Waals surface area contributed by atoms with Crippen molar-refractivity contribution in [2.75, 3.05) is 18.0 Å². The number of piperidine rings is 1. The lowest BCUT2D eigenvalue weighted by atomic mass is 9.97. The van der Waals surface area contributed by atoms with Gasteiger partial charge in [0.25, 0.3) is 5.56 Å². The average molecular weight is 394 g/mol. The second kappa shape index (κ2) is 8.03. The van der Waals surface area contributed by atoms with Gasteiger partial charge in [-0.05, 0) is 31.0 Å². The van der Waals surface area contributed by atoms with E-state index in [1.807, 2.05) is 29.2 Å². The van der Waals surface area contributed by atoms with Gasteiger partial charge in [-0.15, -0.1) is 0 Å². The van der Waals surface area contributed by atoms with E-state index in [0.29, 0.717) is 24.5 Å². The first-order chi connectivity index (χ1) is 14.0. The zero-order valence-corrected chi connectivity index (χ0v) is 16.3. The van der Waals surface area contributed by atoms with E-state index in [1.54, 1.807) is 29.8 Å². The van der Waals surface area contributed by atoms with Gasteiger partial charge in [0.2, 0.25) is 5.91 Å². The van der Waals surface area contributed by atoms with Gasteiger partial charge >= 0.3 is 0 Å². The van der Waals surface area contributed by atoms with Crippen molar-refractivity contribution in [1.29, 1.82) is 0 Å². The molecule has 0 aliphatic carbocycles. The summed E-state index contributed by atoms with van der Waals surface area (Å²) in [5.41, 5.74) is 1.81. The number of para-hydroxylation sites is 2. The maximum absolute atomic E-state index is 13.8. The summed E-state index contributed by atoms with van der Waals surface area (Å²) in [6.45, 7) is 1.25. The number of carbonyl (C=O) groups is 1. The highest BCUT2D eigenvalue weighted by atomic mass is 19.1. The monoisotopic (exact) mass is 394 g/mol. The van der Waals surface area contributed by atoms with Gasteiger partial charge in [0.15, 0.2) is 5.82 Å². The van der Waals surface area contributed by atoms with E-state index in [1.165, 1.54) is 6.07 Å². The fraction of sp³-hybridized carbons (Fsp3) is 0.318. The number of carbonyl (C=O) groups excluding carboxylic acids is 1. The number of nitrogens with zero attached hydrogens (tertiary/aromatic N) is 3. The molecule has 150 valence electrons. The molecule has 4 rings (SSSR count). The normalized spacial score (nSPS) is 16.8. The zero-order valence-electron chi connectivity index (χ0n) is 16.3. The van der Waals surface area contributed by atoms with Crippen molar-refractivity contribution in [3.8, 4) is 0 Å². The van der Waals surface area contributed by atoms with Crippen molar-refractivity contribution in [1.82, 2.24) is 14.9 Å². The van der Waals surface area contributed by atoms with Crippen LogP contribution >= 0.6 is 0 Å². The number of halogens is 1. The quantitative estimate of drug-likeness (QED) is 0.739. The van der Waals surface area contributed by atoms with Crippen LogP contribution < -0.4 is 15.8 Å². The predicted octanol–water partition coefficient (Wildman–Crippen LogP) is 2.61. The fourth-order valence-electron chi connectivity index (χ4n) is 3.82. The number of aromatic nitrogens is 2. The third-order valence-corrected chi connectivity index (χ3v) is 5.47. The molecule has 1 fully saturated rings. The van der Waals surface area contributed by atoms with E-state index in [4.69, 9.17) is 0 Å². The second-order valence-corrected chi connectivity index (χ2v) is 7.38. The maximum Gasteiger partial charge on any atom is 0.293 e. The number of hydrogen-bond donors (Lipinski definition) is 1. The second-order valence-electron chi connectivity index (χ2n) is 7.38. The molecule has 1 saturated heterocycles. The third kappa shape index (κ3) is 3.85. The average Bonchev–Trinajstić information content (AvgIpc) is 2.75. The van der Waals surface area contributed by atoms with Crippen LogP contribution in [-0.4, -0.2) is 28.5 Å². The molecule has 0 spiro atoms. The van der Waals surface area contributed by atoms with Crippen molar-refractivity contribution in [2.45, 2.75) is 19.4 Å². The molecule has 1 atom stereocenters. The van der Waals surface area contributed by atoms with Gasteiger partial charge in [0, 0.05) is 32.2 Å². The highest BCUT2D eigenvalue weighted by molar-refractivity contribution is 5.80. The van der Waals surface area contributed by atoms with Crippen LogP contribution in [0.4, 0.5) is 10.2 Å². The van der Waals surface area contributed by atoms with Crippen molar-refractivity contribution in [3.05, 3.63) is 70.3 Å². The molecule has 6 nitrogen and oxygen atoms in total. The molecule has 1 aromatic heterocycles. The van der Waals surface area contributed by atoms with Crippen LogP contribution in [0.25, 0.3) is 11.0 Å². The molecule has 0 radical (unpaired) electrons. The van der Waals surface area contributed by atoms with Crippen molar-refractivity contribution in [2.24, 2.45) is 13.0 Å². The smallest absolute Gasteiger partial charge is 0.293 e. The Morgan fingerprint density at radius 3 is 2.79 bits per heavy atom. The lowest BCUT2D eigenvalue weighted by molar-refractivity contribution is -0.125. The van der Waals surface area contributed by atoms with E-state index in [2.05, 4.69) is 10.3 Å². The topological polar surface area (TPSA) is 67.2 Å². The maximum atomic E-state index is 13.8. The number of anilines is 1. The van der Waals surface area contributed by atoms with E-state index in [0.717, 1.165) is 23.9 Å². The number of nitrogens with one attached hydrogen (secondary N) is 1. The summed E-state index contributed by atoms with van der Waals surface area (Å²) >= 11 is 0. The zero-order chi connectivity index (χ0) is 20.4. The highest BCUT2D eigenvalue weighted by Gasteiger charge is 2.28. The van der Waals surface area contributed by atoms with Crippen LogP contribution in [0, 0.1) is 11.7 Å². The molecular formula is C22H23FN4O2. The van der Waals surface area contributed by atoms with Gasteiger partial charge in [0.1, 0.15) is 5.82 Å². The van der Waals surface area contributed by atoms with Gasteiger partial charge in [-0.1, -0.05) is 30.3 Å². The SMILES string of the molecule is Cn1c(=O)c(N2CCCC(C(=O)NCc3ccccc3F)C2)nc2ccccc21. The molecule has 7 heteroatoms. The van der Waals surface area contributed by atoms with Crippen molar-refractivity contribution >= 4 is 22.8 Å². The minimum Gasteiger partial charge on any atom is -0.352 e. The van der Waals surface area contributed by atoms with Crippen LogP contribution in [-0.2, 0) is 18.4 Å². The Hall–Kier alpha value is -3.22. The number of rotatable bonds is 4. The van der Waals surface area contributed by atoms with Crippen LogP contribution in [0.5, 0.6) is 0 Å². The molecule has 1 aliphatic heterocycles. The Kier molecular flexibility index (Phi) is 5.29. The van der Waals surface area contributed by atoms with Crippen molar-refractivity contribution < 1.29 is 9.18 Å². The molecule has 2 aromatic carbocycles. The Morgan fingerprint density at radius 2 is 1.97 bits per heavy atom. The van der Waals surface area contributed by atoms with Crippen LogP contribution in [0.2, 0.25) is 0 Å². The van der Waals surface area contributed by atoms with Gasteiger partial charge < -0.3 is 14.8 Å². The summed E-state index contributed by atoms with van der Waals surface area (Å²) in [5.74, 6) is -0.358. The molecular weight excluding hydrogens is 371 g/mol. The van der Waals surface area contributed by atoms with E-state index < -0.39 is 0 Å². The van der Waals surface area contributed by atoms with E-state index in [9.17, 15) is 14.0 Å². The number of aryl methyl sites for hydroxylation is 1. The number of benzene rings is 2. The van der Waals surface area contributed by atoms with Crippen LogP contribution in [0.15, 0.2) is 53.3 Å². The first-order valence-corrected chi connectivity index (χ1v) is 9.76. The summed E-state index contributed by atoms with van der Waals surface area (Å²) in [4.78, 5) is 31.9. The Balaban J connectivity index is 1.50. The summed E-state index contributed by atoms with van der Waals surface area (Å²) in [7, 11) is 1.73. The van der Waals surface area contributed by atoms with Gasteiger partial charge in [-0.25, -0.2) is 9.37 Å². The minimum atomic E-state index is -0.332. The standard InChI is InChI=1S/C22H23FN4O2/c1-26-19-11-5-4-10-18(19)25-20(22(26)29)27-12-6-8-16(14-27)21(28)24-13-15-7-2-3-9-17(15)23/h2-5,7,9-11,16H,6,8,12-14H2,1H3,(H,24,28). The molecule has 0 bridgehead atoms. The van der Waals surface area contributed by atoms with E-state index >= 15 is 0 Å². The summed E-state index contributed by atoms with van der Waals surface area (Å²) in [6, 6.07) is 13.9. The Morgan fingerprint density at radius 1 is 1.21 bits per heavy atom. The molecule has 29 heavy (non-hydrogen) atoms. The third-order valence-electron chi connectivity index (χ3n) is 5.47. The van der Waals surface area contributed by atoms with Gasteiger partial charge in [0.05, 0.1) is 17.0 Å². The molecule has 1 N–H and O–H groups in total. The molecule has 1 aliphatic rings. The predicted molar refractivity (Wildman–Crippen MR) is 110 cm³/mol. The molecule has 2 heterocycles. The summed E-state index contributed by atoms with van der Waals surface area (Å²) in [5, 5.41) is 2.83. The van der Waals surface area contributed by atoms with E-state index in [-0.39, 0.29) is 29.7 Å². The minimum absolute atomic E-state index is 0.129. The number of fused-ring (bicyclic) bond motifs is 1. The first kappa shape index (κ1) is 19.1. The highest BCUT2D eigenvalue weighted by Crippen LogP contribution is 2.22. The van der Waals surface area contributed by atoms with Gasteiger partial charge in [-0.3, -0.25) is 9.59 Å². The number of amides is 1. The lowest BCUT2D eigenvalue weighted by Crippen LogP contribution is -2.45. The van der Waals surface area contributed by atoms with Crippen LogP contribution in [0.3, 0.4) is 0 Å². The Bertz CT molecular complexity index is 1110. The van der Waals surface area contributed by atoms with Crippen molar-refractivity contribution in [3.63, 3.8) is 0 Å². The first-order valence-electron chi connectivity index (χ1n) is 9.76. The largest absolute Gasteiger partial charge is 0.352 e. The van der Waals surface area contributed by atoms with Crippen LogP contribution in [0.1, 0.15) is 18.4 Å². The number of hydrogen-bond acceptors (Lipinski definition) is 4. The Labute approximate surface area is 168 Å².